The highest BCUT2D eigenvalue weighted by atomic mass is 14.9. The number of allylic oxidation sites excluding steroid dienone is 2. The topological polar surface area (TPSA) is 12.0 Å². The van der Waals surface area contributed by atoms with Crippen molar-refractivity contribution in [2.45, 2.75) is 0 Å². The summed E-state index contributed by atoms with van der Waals surface area (Å²) in [5, 5.41) is 3.46. The van der Waals surface area contributed by atoms with Gasteiger partial charge in [0.2, 0.25) is 0 Å². The molecule has 0 bridgehead atoms. The van der Waals surface area contributed by atoms with Crippen LogP contribution in [0.1, 0.15) is 16.7 Å². The van der Waals surface area contributed by atoms with E-state index < -0.39 is 0 Å². The molecule has 0 aromatic heterocycles. The molecule has 1 heterocycles. The lowest BCUT2D eigenvalue weighted by atomic mass is 9.88. The van der Waals surface area contributed by atoms with Gasteiger partial charge in [-0.2, -0.15) is 0 Å². The molecule has 1 heteroatoms. The number of dihydropyridines is 1. The minimum absolute atomic E-state index is 1.12. The third kappa shape index (κ3) is 2.89. The fraction of sp³-hybridized carbons (Fsp3) is 0. The Bertz CT molecular complexity index is 862. The third-order valence-corrected chi connectivity index (χ3v) is 4.21. The molecule has 0 spiro atoms. The van der Waals surface area contributed by atoms with Crippen LogP contribution in [-0.4, -0.2) is 0 Å². The van der Waals surface area contributed by atoms with Crippen molar-refractivity contribution in [2.75, 3.05) is 0 Å². The zero-order valence-corrected chi connectivity index (χ0v) is 13.3. The maximum Gasteiger partial charge on any atom is 0.113 e. The van der Waals surface area contributed by atoms with Crippen LogP contribution in [0.2, 0.25) is 0 Å². The molecule has 0 saturated heterocycles. The van der Waals surface area contributed by atoms with Crippen molar-refractivity contribution in [1.82, 2.24) is 5.32 Å². The SMILES string of the molecule is C1=C(c2ccccc2)C(c2ccccc2)=C[C](c2ccccc2)N1. The molecular weight excluding hydrogens is 290 g/mol. The van der Waals surface area contributed by atoms with Crippen LogP contribution in [0.3, 0.4) is 0 Å². The molecule has 0 saturated carbocycles. The van der Waals surface area contributed by atoms with Crippen LogP contribution in [0, 0.1) is 6.04 Å². The lowest BCUT2D eigenvalue weighted by Gasteiger charge is -2.24. The summed E-state index contributed by atoms with van der Waals surface area (Å²) in [6.07, 6.45) is 4.35. The van der Waals surface area contributed by atoms with Gasteiger partial charge in [-0.1, -0.05) is 91.0 Å². The van der Waals surface area contributed by atoms with E-state index in [1.165, 1.54) is 27.8 Å². The first-order valence-electron chi connectivity index (χ1n) is 8.14. The molecule has 1 aliphatic rings. The van der Waals surface area contributed by atoms with Gasteiger partial charge in [0.15, 0.2) is 0 Å². The first-order valence-corrected chi connectivity index (χ1v) is 8.14. The highest BCUT2D eigenvalue weighted by Gasteiger charge is 2.19. The largest absolute Gasteiger partial charge is 0.375 e. The van der Waals surface area contributed by atoms with E-state index in [4.69, 9.17) is 0 Å². The highest BCUT2D eigenvalue weighted by Crippen LogP contribution is 2.35. The summed E-state index contributed by atoms with van der Waals surface area (Å²) in [4.78, 5) is 0. The molecule has 0 fully saturated rings. The fourth-order valence-corrected chi connectivity index (χ4v) is 2.99. The monoisotopic (exact) mass is 308 g/mol. The van der Waals surface area contributed by atoms with Crippen molar-refractivity contribution >= 4 is 11.1 Å². The van der Waals surface area contributed by atoms with Gasteiger partial charge in [-0.25, -0.2) is 0 Å². The molecule has 0 aliphatic carbocycles. The van der Waals surface area contributed by atoms with E-state index in [-0.39, 0.29) is 0 Å². The van der Waals surface area contributed by atoms with Gasteiger partial charge >= 0.3 is 0 Å². The predicted octanol–water partition coefficient (Wildman–Crippen LogP) is 5.29. The van der Waals surface area contributed by atoms with Crippen molar-refractivity contribution in [2.24, 2.45) is 0 Å². The Balaban J connectivity index is 1.79. The minimum Gasteiger partial charge on any atom is -0.375 e. The number of hydrogen-bond donors (Lipinski definition) is 1. The molecule has 3 aromatic carbocycles. The minimum atomic E-state index is 1.12. The number of nitrogens with one attached hydrogen (secondary N) is 1. The average Bonchev–Trinajstić information content (AvgIpc) is 2.69. The van der Waals surface area contributed by atoms with Crippen molar-refractivity contribution in [3.63, 3.8) is 0 Å². The molecule has 1 radical (unpaired) electrons. The van der Waals surface area contributed by atoms with E-state index in [1.807, 2.05) is 12.1 Å². The maximum absolute atomic E-state index is 3.46. The van der Waals surface area contributed by atoms with Crippen LogP contribution in [0.15, 0.2) is 103 Å². The molecule has 0 amide bonds. The second-order valence-electron chi connectivity index (χ2n) is 5.77. The summed E-state index contributed by atoms with van der Waals surface area (Å²) in [6, 6.07) is 32.6. The average molecular weight is 308 g/mol. The Kier molecular flexibility index (Phi) is 3.99. The van der Waals surface area contributed by atoms with E-state index in [1.54, 1.807) is 0 Å². The van der Waals surface area contributed by atoms with Crippen LogP contribution in [0.4, 0.5) is 0 Å². The number of benzene rings is 3. The van der Waals surface area contributed by atoms with Crippen LogP contribution in [0.5, 0.6) is 0 Å². The van der Waals surface area contributed by atoms with Crippen molar-refractivity contribution in [3.05, 3.63) is 126 Å². The van der Waals surface area contributed by atoms with Crippen LogP contribution in [0.25, 0.3) is 11.1 Å². The highest BCUT2D eigenvalue weighted by molar-refractivity contribution is 6.06. The Morgan fingerprint density at radius 1 is 0.458 bits per heavy atom. The molecule has 24 heavy (non-hydrogen) atoms. The molecule has 115 valence electrons. The van der Waals surface area contributed by atoms with Gasteiger partial charge in [-0.3, -0.25) is 0 Å². The lowest BCUT2D eigenvalue weighted by molar-refractivity contribution is 0.968. The van der Waals surface area contributed by atoms with Crippen molar-refractivity contribution in [3.8, 4) is 0 Å². The first kappa shape index (κ1) is 14.5. The summed E-state index contributed by atoms with van der Waals surface area (Å²) in [5.74, 6) is 0. The second-order valence-corrected chi connectivity index (χ2v) is 5.77. The summed E-state index contributed by atoms with van der Waals surface area (Å²) in [7, 11) is 0. The van der Waals surface area contributed by atoms with Gasteiger partial charge in [0.05, 0.1) is 0 Å². The maximum atomic E-state index is 3.46. The van der Waals surface area contributed by atoms with Gasteiger partial charge in [0.1, 0.15) is 6.04 Å². The second kappa shape index (κ2) is 6.59. The van der Waals surface area contributed by atoms with E-state index in [0.29, 0.717) is 0 Å². The fourth-order valence-electron chi connectivity index (χ4n) is 2.99. The standard InChI is InChI=1S/C23H18N/c1-4-10-18(11-5-1)21-16-23(20-14-8-3-9-15-20)24-17-22(21)19-12-6-2-7-13-19/h1-17,24H. The third-order valence-electron chi connectivity index (χ3n) is 4.21. The van der Waals surface area contributed by atoms with E-state index in [2.05, 4.69) is 96.5 Å². The predicted molar refractivity (Wildman–Crippen MR) is 101 cm³/mol. The van der Waals surface area contributed by atoms with E-state index in [9.17, 15) is 0 Å². The van der Waals surface area contributed by atoms with E-state index in [0.717, 1.165) is 6.04 Å². The van der Waals surface area contributed by atoms with Gasteiger partial charge < -0.3 is 5.32 Å². The Morgan fingerprint density at radius 3 is 1.46 bits per heavy atom. The molecule has 3 aromatic rings. The molecule has 1 aliphatic heterocycles. The summed E-state index contributed by atoms with van der Waals surface area (Å²) >= 11 is 0. The molecule has 0 atom stereocenters. The summed E-state index contributed by atoms with van der Waals surface area (Å²) in [5.41, 5.74) is 6.07. The molecule has 0 unspecified atom stereocenters. The summed E-state index contributed by atoms with van der Waals surface area (Å²) in [6.45, 7) is 0. The van der Waals surface area contributed by atoms with Gasteiger partial charge in [0.25, 0.3) is 0 Å². The van der Waals surface area contributed by atoms with Crippen molar-refractivity contribution in [1.29, 1.82) is 0 Å². The Hall–Kier alpha value is -3.06. The number of hydrogen-bond acceptors (Lipinski definition) is 1. The normalized spacial score (nSPS) is 14.5. The lowest BCUT2D eigenvalue weighted by Crippen LogP contribution is -2.19. The van der Waals surface area contributed by atoms with Gasteiger partial charge in [0, 0.05) is 11.8 Å². The molecular formula is C23H18N. The molecule has 1 nitrogen and oxygen atoms in total. The van der Waals surface area contributed by atoms with Crippen LogP contribution >= 0.6 is 0 Å². The molecule has 4 rings (SSSR count). The van der Waals surface area contributed by atoms with Gasteiger partial charge in [-0.15, -0.1) is 0 Å². The Labute approximate surface area is 143 Å². The summed E-state index contributed by atoms with van der Waals surface area (Å²) < 4.78 is 0. The quantitative estimate of drug-likeness (QED) is 0.693. The Morgan fingerprint density at radius 2 is 0.917 bits per heavy atom. The number of rotatable bonds is 3. The molecule has 1 N–H and O–H groups in total. The smallest absolute Gasteiger partial charge is 0.113 e. The van der Waals surface area contributed by atoms with E-state index >= 15 is 0 Å². The van der Waals surface area contributed by atoms with Gasteiger partial charge in [-0.05, 0) is 28.3 Å². The van der Waals surface area contributed by atoms with Crippen LogP contribution in [-0.2, 0) is 0 Å². The van der Waals surface area contributed by atoms with Crippen molar-refractivity contribution < 1.29 is 0 Å². The van der Waals surface area contributed by atoms with Crippen LogP contribution < -0.4 is 5.32 Å². The zero-order valence-electron chi connectivity index (χ0n) is 13.3. The first-order chi connectivity index (χ1) is 11.9. The zero-order chi connectivity index (χ0) is 16.2.